The van der Waals surface area contributed by atoms with Gasteiger partial charge in [0.1, 0.15) is 5.75 Å². The van der Waals surface area contributed by atoms with E-state index in [0.29, 0.717) is 12.0 Å². The average molecular weight is 356 g/mol. The fourth-order valence-corrected chi connectivity index (χ4v) is 5.24. The van der Waals surface area contributed by atoms with Gasteiger partial charge in [0.05, 0.1) is 6.10 Å². The van der Waals surface area contributed by atoms with Crippen molar-refractivity contribution in [1.29, 1.82) is 0 Å². The van der Waals surface area contributed by atoms with Gasteiger partial charge in [-0.2, -0.15) is 0 Å². The molecule has 2 aliphatic carbocycles. The SMILES string of the molecule is CCC(C)C1CCC(N2CCC(c3ccccc3OC3CC3)CC2)CC1. The summed E-state index contributed by atoms with van der Waals surface area (Å²) < 4.78 is 6.18. The maximum atomic E-state index is 6.18. The second kappa shape index (κ2) is 8.33. The predicted molar refractivity (Wildman–Crippen MR) is 109 cm³/mol. The van der Waals surface area contributed by atoms with Crippen molar-refractivity contribution in [3.8, 4) is 5.75 Å². The van der Waals surface area contributed by atoms with Crippen molar-refractivity contribution in [1.82, 2.24) is 4.90 Å². The molecule has 1 saturated heterocycles. The monoisotopic (exact) mass is 355 g/mol. The second-order valence-electron chi connectivity index (χ2n) is 9.12. The Hall–Kier alpha value is -1.02. The summed E-state index contributed by atoms with van der Waals surface area (Å²) in [6, 6.07) is 9.68. The summed E-state index contributed by atoms with van der Waals surface area (Å²) in [6.45, 7) is 7.37. The Morgan fingerprint density at radius 1 is 0.962 bits per heavy atom. The minimum Gasteiger partial charge on any atom is -0.490 e. The number of rotatable bonds is 6. The normalized spacial score (nSPS) is 29.5. The molecule has 3 aliphatic rings. The zero-order valence-corrected chi connectivity index (χ0v) is 16.8. The summed E-state index contributed by atoms with van der Waals surface area (Å²) in [5, 5.41) is 0. The summed E-state index contributed by atoms with van der Waals surface area (Å²) >= 11 is 0. The van der Waals surface area contributed by atoms with Gasteiger partial charge in [-0.05, 0) is 93.8 Å². The predicted octanol–water partition coefficient (Wildman–Crippen LogP) is 6.01. The van der Waals surface area contributed by atoms with E-state index in [0.717, 1.165) is 17.9 Å². The number of nitrogens with zero attached hydrogens (tertiary/aromatic N) is 1. The van der Waals surface area contributed by atoms with E-state index < -0.39 is 0 Å². The van der Waals surface area contributed by atoms with Gasteiger partial charge in [-0.15, -0.1) is 0 Å². The van der Waals surface area contributed by atoms with Gasteiger partial charge < -0.3 is 9.64 Å². The van der Waals surface area contributed by atoms with Crippen molar-refractivity contribution in [3.63, 3.8) is 0 Å². The van der Waals surface area contributed by atoms with Crippen molar-refractivity contribution in [3.05, 3.63) is 29.8 Å². The number of piperidine rings is 1. The summed E-state index contributed by atoms with van der Waals surface area (Å²) in [4.78, 5) is 2.81. The van der Waals surface area contributed by atoms with E-state index in [2.05, 4.69) is 43.0 Å². The van der Waals surface area contributed by atoms with E-state index >= 15 is 0 Å². The van der Waals surface area contributed by atoms with Gasteiger partial charge >= 0.3 is 0 Å². The van der Waals surface area contributed by atoms with E-state index in [1.807, 2.05) is 0 Å². The van der Waals surface area contributed by atoms with Crippen LogP contribution in [0.4, 0.5) is 0 Å². The van der Waals surface area contributed by atoms with Gasteiger partial charge in [0.15, 0.2) is 0 Å². The van der Waals surface area contributed by atoms with E-state index in [1.165, 1.54) is 82.2 Å². The molecule has 0 aromatic heterocycles. The molecule has 1 heterocycles. The molecular formula is C24H37NO. The molecule has 2 nitrogen and oxygen atoms in total. The van der Waals surface area contributed by atoms with E-state index in [9.17, 15) is 0 Å². The molecule has 2 heteroatoms. The standard InChI is InChI=1S/C24H37NO/c1-3-18(2)19-8-10-21(11-9-19)25-16-14-20(15-17-25)23-6-4-5-7-24(23)26-22-12-13-22/h4-7,18-22H,3,8-17H2,1-2H3. The lowest BCUT2D eigenvalue weighted by atomic mass is 9.77. The molecule has 4 rings (SSSR count). The summed E-state index contributed by atoms with van der Waals surface area (Å²) in [5.74, 6) is 3.77. The fraction of sp³-hybridized carbons (Fsp3) is 0.750. The smallest absolute Gasteiger partial charge is 0.123 e. The molecule has 26 heavy (non-hydrogen) atoms. The van der Waals surface area contributed by atoms with Crippen LogP contribution in [0.1, 0.15) is 83.1 Å². The molecule has 0 bridgehead atoms. The van der Waals surface area contributed by atoms with Crippen molar-refractivity contribution >= 4 is 0 Å². The quantitative estimate of drug-likeness (QED) is 0.619. The summed E-state index contributed by atoms with van der Waals surface area (Å²) in [5.41, 5.74) is 1.47. The molecule has 3 fully saturated rings. The van der Waals surface area contributed by atoms with Gasteiger partial charge in [0.25, 0.3) is 0 Å². The molecule has 1 aliphatic heterocycles. The van der Waals surface area contributed by atoms with Gasteiger partial charge in [0.2, 0.25) is 0 Å². The fourth-order valence-electron chi connectivity index (χ4n) is 5.24. The minimum absolute atomic E-state index is 0.497. The number of hydrogen-bond acceptors (Lipinski definition) is 2. The van der Waals surface area contributed by atoms with Crippen LogP contribution in [0.3, 0.4) is 0 Å². The first kappa shape index (κ1) is 18.3. The van der Waals surface area contributed by atoms with Crippen molar-refractivity contribution in [2.45, 2.75) is 89.7 Å². The number of hydrogen-bond donors (Lipinski definition) is 0. The summed E-state index contributed by atoms with van der Waals surface area (Å²) in [6.07, 6.45) is 12.7. The highest BCUT2D eigenvalue weighted by Crippen LogP contribution is 2.39. The van der Waals surface area contributed by atoms with Gasteiger partial charge in [-0.3, -0.25) is 0 Å². The molecule has 2 saturated carbocycles. The van der Waals surface area contributed by atoms with Gasteiger partial charge in [-0.25, -0.2) is 0 Å². The van der Waals surface area contributed by atoms with Gasteiger partial charge in [-0.1, -0.05) is 38.5 Å². The van der Waals surface area contributed by atoms with Crippen LogP contribution < -0.4 is 4.74 Å². The third kappa shape index (κ3) is 4.27. The van der Waals surface area contributed by atoms with Crippen LogP contribution in [0, 0.1) is 11.8 Å². The van der Waals surface area contributed by atoms with Crippen LogP contribution >= 0.6 is 0 Å². The highest BCUT2D eigenvalue weighted by atomic mass is 16.5. The lowest BCUT2D eigenvalue weighted by Gasteiger charge is -2.42. The van der Waals surface area contributed by atoms with Gasteiger partial charge in [0, 0.05) is 6.04 Å². The zero-order chi connectivity index (χ0) is 17.9. The molecule has 0 radical (unpaired) electrons. The Morgan fingerprint density at radius 2 is 1.65 bits per heavy atom. The molecule has 0 amide bonds. The zero-order valence-electron chi connectivity index (χ0n) is 16.8. The Bertz CT molecular complexity index is 565. The largest absolute Gasteiger partial charge is 0.490 e. The first-order valence-corrected chi connectivity index (χ1v) is 11.2. The van der Waals surface area contributed by atoms with Crippen LogP contribution in [0.25, 0.3) is 0 Å². The maximum absolute atomic E-state index is 6.18. The number of benzene rings is 1. The van der Waals surface area contributed by atoms with E-state index in [-0.39, 0.29) is 0 Å². The second-order valence-corrected chi connectivity index (χ2v) is 9.12. The van der Waals surface area contributed by atoms with Crippen molar-refractivity contribution in [2.24, 2.45) is 11.8 Å². The Morgan fingerprint density at radius 3 is 2.31 bits per heavy atom. The molecule has 1 atom stereocenters. The molecular weight excluding hydrogens is 318 g/mol. The topological polar surface area (TPSA) is 12.5 Å². The lowest BCUT2D eigenvalue weighted by Crippen LogP contribution is -2.43. The lowest BCUT2D eigenvalue weighted by molar-refractivity contribution is 0.0952. The molecule has 0 N–H and O–H groups in total. The Labute approximate surface area is 160 Å². The number of ether oxygens (including phenoxy) is 1. The number of para-hydroxylation sites is 1. The third-order valence-electron chi connectivity index (χ3n) is 7.41. The molecule has 0 spiro atoms. The molecule has 144 valence electrons. The molecule has 1 aromatic carbocycles. The summed E-state index contributed by atoms with van der Waals surface area (Å²) in [7, 11) is 0. The van der Waals surface area contributed by atoms with Crippen LogP contribution in [0.5, 0.6) is 5.75 Å². The highest BCUT2D eigenvalue weighted by Gasteiger charge is 2.32. The highest BCUT2D eigenvalue weighted by molar-refractivity contribution is 5.37. The third-order valence-corrected chi connectivity index (χ3v) is 7.41. The van der Waals surface area contributed by atoms with Crippen LogP contribution in [0.2, 0.25) is 0 Å². The van der Waals surface area contributed by atoms with E-state index in [4.69, 9.17) is 4.74 Å². The van der Waals surface area contributed by atoms with Crippen LogP contribution in [-0.2, 0) is 0 Å². The Kier molecular flexibility index (Phi) is 5.88. The first-order chi connectivity index (χ1) is 12.7. The van der Waals surface area contributed by atoms with Crippen LogP contribution in [0.15, 0.2) is 24.3 Å². The van der Waals surface area contributed by atoms with Crippen LogP contribution in [-0.4, -0.2) is 30.1 Å². The molecule has 1 aromatic rings. The first-order valence-electron chi connectivity index (χ1n) is 11.2. The molecule has 1 unspecified atom stereocenters. The van der Waals surface area contributed by atoms with Crippen molar-refractivity contribution in [2.75, 3.05) is 13.1 Å². The Balaban J connectivity index is 1.30. The minimum atomic E-state index is 0.497. The van der Waals surface area contributed by atoms with Crippen molar-refractivity contribution < 1.29 is 4.74 Å². The number of likely N-dealkylation sites (tertiary alicyclic amines) is 1. The average Bonchev–Trinajstić information content (AvgIpc) is 3.52. The van der Waals surface area contributed by atoms with E-state index in [1.54, 1.807) is 0 Å². The maximum Gasteiger partial charge on any atom is 0.123 e.